The molecule has 0 spiro atoms. The molecule has 0 unspecified atom stereocenters. The SMILES string of the molecule is Cc1ccccc1COc1cc(OCCc2scnc2C)cc(C(=O)Nc2cnccn2)c1. The van der Waals surface area contributed by atoms with E-state index in [2.05, 4.69) is 20.3 Å². The van der Waals surface area contributed by atoms with Crippen LogP contribution in [0.3, 0.4) is 0 Å². The molecule has 168 valence electrons. The van der Waals surface area contributed by atoms with Crippen LogP contribution in [-0.4, -0.2) is 27.5 Å². The molecule has 0 radical (unpaired) electrons. The van der Waals surface area contributed by atoms with Crippen LogP contribution in [0, 0.1) is 13.8 Å². The molecule has 7 nitrogen and oxygen atoms in total. The van der Waals surface area contributed by atoms with Gasteiger partial charge in [-0.2, -0.15) is 0 Å². The standard InChI is InChI=1S/C25H24N4O3S/c1-17-5-3-4-6-19(17)15-32-22-12-20(25(30)29-24-14-26-8-9-27-24)11-21(13-22)31-10-7-23-18(2)28-16-33-23/h3-6,8-9,11-14,16H,7,10,15H2,1-2H3,(H,27,29,30). The van der Waals surface area contributed by atoms with Gasteiger partial charge in [-0.05, 0) is 37.1 Å². The average Bonchev–Trinajstić information content (AvgIpc) is 3.23. The summed E-state index contributed by atoms with van der Waals surface area (Å²) in [7, 11) is 0. The van der Waals surface area contributed by atoms with Crippen molar-refractivity contribution in [2.45, 2.75) is 26.9 Å². The minimum Gasteiger partial charge on any atom is -0.493 e. The molecule has 0 saturated heterocycles. The van der Waals surface area contributed by atoms with Gasteiger partial charge in [-0.25, -0.2) is 9.97 Å². The number of aryl methyl sites for hydroxylation is 2. The van der Waals surface area contributed by atoms with Crippen LogP contribution >= 0.6 is 11.3 Å². The second-order valence-corrected chi connectivity index (χ2v) is 8.35. The number of benzene rings is 2. The van der Waals surface area contributed by atoms with Crippen molar-refractivity contribution in [2.75, 3.05) is 11.9 Å². The van der Waals surface area contributed by atoms with Gasteiger partial charge >= 0.3 is 0 Å². The van der Waals surface area contributed by atoms with Gasteiger partial charge in [0.25, 0.3) is 5.91 Å². The summed E-state index contributed by atoms with van der Waals surface area (Å²) in [6, 6.07) is 13.2. The molecule has 0 bridgehead atoms. The summed E-state index contributed by atoms with van der Waals surface area (Å²) in [4.78, 5) is 26.4. The third kappa shape index (κ3) is 6.14. The first-order valence-electron chi connectivity index (χ1n) is 10.5. The van der Waals surface area contributed by atoms with Gasteiger partial charge in [-0.15, -0.1) is 11.3 Å². The van der Waals surface area contributed by atoms with E-state index in [1.165, 1.54) is 17.3 Å². The molecule has 0 fully saturated rings. The Bertz CT molecular complexity index is 1230. The third-order valence-corrected chi connectivity index (χ3v) is 6.04. The van der Waals surface area contributed by atoms with E-state index in [9.17, 15) is 4.79 Å². The van der Waals surface area contributed by atoms with E-state index < -0.39 is 0 Å². The highest BCUT2D eigenvalue weighted by Gasteiger charge is 2.13. The monoisotopic (exact) mass is 460 g/mol. The molecule has 2 aromatic carbocycles. The number of hydrogen-bond donors (Lipinski definition) is 1. The second-order valence-electron chi connectivity index (χ2n) is 7.41. The summed E-state index contributed by atoms with van der Waals surface area (Å²) < 4.78 is 12.0. The predicted octanol–water partition coefficient (Wildman–Crippen LogP) is 5.00. The van der Waals surface area contributed by atoms with E-state index in [4.69, 9.17) is 9.47 Å². The lowest BCUT2D eigenvalue weighted by atomic mass is 10.1. The molecule has 33 heavy (non-hydrogen) atoms. The highest BCUT2D eigenvalue weighted by Crippen LogP contribution is 2.25. The van der Waals surface area contributed by atoms with Gasteiger partial charge in [0.2, 0.25) is 0 Å². The topological polar surface area (TPSA) is 86.2 Å². The lowest BCUT2D eigenvalue weighted by Crippen LogP contribution is -2.14. The molecule has 8 heteroatoms. The zero-order valence-corrected chi connectivity index (χ0v) is 19.3. The van der Waals surface area contributed by atoms with Crippen LogP contribution < -0.4 is 14.8 Å². The molecule has 0 aliphatic rings. The van der Waals surface area contributed by atoms with Crippen molar-refractivity contribution in [2.24, 2.45) is 0 Å². The van der Waals surface area contributed by atoms with Crippen LogP contribution in [0.5, 0.6) is 11.5 Å². The Kier molecular flexibility index (Phi) is 7.26. The fourth-order valence-corrected chi connectivity index (χ4v) is 3.94. The maximum Gasteiger partial charge on any atom is 0.257 e. The fourth-order valence-electron chi connectivity index (χ4n) is 3.18. The Hall–Kier alpha value is -3.78. The van der Waals surface area contributed by atoms with Gasteiger partial charge in [-0.3, -0.25) is 9.78 Å². The van der Waals surface area contributed by atoms with Crippen LogP contribution in [-0.2, 0) is 13.0 Å². The Morgan fingerprint density at radius 3 is 2.58 bits per heavy atom. The molecule has 2 aromatic heterocycles. The summed E-state index contributed by atoms with van der Waals surface area (Å²) in [5, 5.41) is 2.75. The summed E-state index contributed by atoms with van der Waals surface area (Å²) in [5.41, 5.74) is 5.48. The maximum absolute atomic E-state index is 12.9. The minimum absolute atomic E-state index is 0.319. The van der Waals surface area contributed by atoms with Crippen LogP contribution in [0.4, 0.5) is 5.82 Å². The van der Waals surface area contributed by atoms with Crippen LogP contribution in [0.2, 0.25) is 0 Å². The summed E-state index contributed by atoms with van der Waals surface area (Å²) in [5.74, 6) is 1.16. The Morgan fingerprint density at radius 1 is 1.03 bits per heavy atom. The highest BCUT2D eigenvalue weighted by atomic mass is 32.1. The third-order valence-electron chi connectivity index (χ3n) is 5.05. The van der Waals surface area contributed by atoms with Crippen molar-refractivity contribution in [3.05, 3.63) is 93.8 Å². The quantitative estimate of drug-likeness (QED) is 0.378. The van der Waals surface area contributed by atoms with E-state index >= 15 is 0 Å². The van der Waals surface area contributed by atoms with E-state index in [-0.39, 0.29) is 5.91 Å². The van der Waals surface area contributed by atoms with Gasteiger partial charge in [0, 0.05) is 35.3 Å². The second kappa shape index (κ2) is 10.7. The molecule has 0 aliphatic carbocycles. The van der Waals surface area contributed by atoms with Crippen molar-refractivity contribution >= 4 is 23.1 Å². The molecular formula is C25H24N4O3S. The first kappa shape index (κ1) is 22.4. The van der Waals surface area contributed by atoms with E-state index in [0.717, 1.165) is 23.2 Å². The normalized spacial score (nSPS) is 10.6. The van der Waals surface area contributed by atoms with Crippen LogP contribution in [0.15, 0.2) is 66.6 Å². The van der Waals surface area contributed by atoms with Gasteiger partial charge in [0.15, 0.2) is 5.82 Å². The number of rotatable bonds is 9. The van der Waals surface area contributed by atoms with Gasteiger partial charge in [0.05, 0.1) is 24.0 Å². The number of aromatic nitrogens is 3. The lowest BCUT2D eigenvalue weighted by molar-refractivity contribution is 0.102. The van der Waals surface area contributed by atoms with Crippen molar-refractivity contribution in [1.29, 1.82) is 0 Å². The fraction of sp³-hybridized carbons (Fsp3) is 0.200. The molecule has 4 aromatic rings. The number of anilines is 1. The first-order valence-corrected chi connectivity index (χ1v) is 11.4. The molecule has 2 heterocycles. The highest BCUT2D eigenvalue weighted by molar-refractivity contribution is 7.09. The summed E-state index contributed by atoms with van der Waals surface area (Å²) in [6.45, 7) is 4.89. The first-order chi connectivity index (χ1) is 16.1. The number of carbonyl (C=O) groups is 1. The van der Waals surface area contributed by atoms with Gasteiger partial charge in [0.1, 0.15) is 18.1 Å². The van der Waals surface area contributed by atoms with E-state index in [1.807, 2.05) is 43.6 Å². The largest absolute Gasteiger partial charge is 0.493 e. The Labute approximate surface area is 196 Å². The minimum atomic E-state index is -0.319. The van der Waals surface area contributed by atoms with E-state index in [0.29, 0.717) is 36.1 Å². The van der Waals surface area contributed by atoms with Crippen LogP contribution in [0.1, 0.15) is 32.1 Å². The van der Waals surface area contributed by atoms with Crippen molar-refractivity contribution < 1.29 is 14.3 Å². The number of ether oxygens (including phenoxy) is 2. The maximum atomic E-state index is 12.9. The molecule has 1 amide bonds. The summed E-state index contributed by atoms with van der Waals surface area (Å²) in [6.07, 6.45) is 5.30. The van der Waals surface area contributed by atoms with E-state index in [1.54, 1.807) is 35.7 Å². The zero-order valence-electron chi connectivity index (χ0n) is 18.4. The lowest BCUT2D eigenvalue weighted by Gasteiger charge is -2.13. The average molecular weight is 461 g/mol. The zero-order chi connectivity index (χ0) is 23.0. The number of nitrogens with one attached hydrogen (secondary N) is 1. The molecule has 0 saturated carbocycles. The number of carbonyl (C=O) groups excluding carboxylic acids is 1. The molecule has 1 N–H and O–H groups in total. The van der Waals surface area contributed by atoms with Crippen molar-refractivity contribution in [3.63, 3.8) is 0 Å². The van der Waals surface area contributed by atoms with Gasteiger partial charge in [-0.1, -0.05) is 24.3 Å². The van der Waals surface area contributed by atoms with Gasteiger partial charge < -0.3 is 14.8 Å². The van der Waals surface area contributed by atoms with Crippen molar-refractivity contribution in [1.82, 2.24) is 15.0 Å². The Balaban J connectivity index is 1.51. The molecule has 0 aliphatic heterocycles. The molecule has 0 atom stereocenters. The molecular weight excluding hydrogens is 436 g/mol. The molecule has 4 rings (SSSR count). The Morgan fingerprint density at radius 2 is 1.85 bits per heavy atom. The number of thiazole rings is 1. The van der Waals surface area contributed by atoms with Crippen molar-refractivity contribution in [3.8, 4) is 11.5 Å². The smallest absolute Gasteiger partial charge is 0.257 e. The summed E-state index contributed by atoms with van der Waals surface area (Å²) >= 11 is 1.61. The number of hydrogen-bond acceptors (Lipinski definition) is 7. The predicted molar refractivity (Wildman–Crippen MR) is 128 cm³/mol. The number of nitrogens with zero attached hydrogens (tertiary/aromatic N) is 3. The van der Waals surface area contributed by atoms with Crippen LogP contribution in [0.25, 0.3) is 0 Å². The number of amides is 1.